The van der Waals surface area contributed by atoms with Crippen molar-refractivity contribution in [1.82, 2.24) is 9.55 Å². The Morgan fingerprint density at radius 3 is 2.42 bits per heavy atom. The molecule has 0 amide bonds. The van der Waals surface area contributed by atoms with Crippen LogP contribution in [0.5, 0.6) is 0 Å². The summed E-state index contributed by atoms with van der Waals surface area (Å²) in [6.07, 6.45) is -2.51. The summed E-state index contributed by atoms with van der Waals surface area (Å²) in [5.74, 6) is -1.42. The Morgan fingerprint density at radius 1 is 1.12 bits per heavy atom. The maximum Gasteiger partial charge on any atom is 0.433 e. The lowest BCUT2D eigenvalue weighted by atomic mass is 10.1. The van der Waals surface area contributed by atoms with Gasteiger partial charge < -0.3 is 9.67 Å². The smallest absolute Gasteiger partial charge is 0.433 e. The molecule has 3 aromatic rings. The first kappa shape index (κ1) is 15.7. The Hall–Kier alpha value is -3.16. The zero-order valence-electron chi connectivity index (χ0n) is 11.9. The molecule has 122 valence electrons. The first-order valence-corrected chi connectivity index (χ1v) is 6.70. The second-order valence-electron chi connectivity index (χ2n) is 4.96. The van der Waals surface area contributed by atoms with Crippen molar-refractivity contribution < 1.29 is 23.1 Å². The Labute approximate surface area is 132 Å². The molecule has 0 bridgehead atoms. The van der Waals surface area contributed by atoms with E-state index in [1.807, 2.05) is 0 Å². The minimum absolute atomic E-state index is 0.150. The third-order valence-electron chi connectivity index (χ3n) is 3.46. The van der Waals surface area contributed by atoms with Gasteiger partial charge in [-0.25, -0.2) is 9.78 Å². The van der Waals surface area contributed by atoms with Gasteiger partial charge in [-0.15, -0.1) is 0 Å². The van der Waals surface area contributed by atoms with E-state index >= 15 is 0 Å². The molecule has 2 heterocycles. The van der Waals surface area contributed by atoms with Crippen LogP contribution >= 0.6 is 0 Å². The molecule has 0 fully saturated rings. The maximum atomic E-state index is 12.6. The molecule has 2 aromatic heterocycles. The van der Waals surface area contributed by atoms with Crippen molar-refractivity contribution in [2.75, 3.05) is 0 Å². The summed E-state index contributed by atoms with van der Waals surface area (Å²) in [6.45, 7) is 0. The van der Waals surface area contributed by atoms with Crippen LogP contribution in [-0.2, 0) is 6.18 Å². The van der Waals surface area contributed by atoms with Gasteiger partial charge in [0.05, 0.1) is 17.4 Å². The summed E-state index contributed by atoms with van der Waals surface area (Å²) < 4.78 is 39.2. The van der Waals surface area contributed by atoms with Crippen molar-refractivity contribution in [3.05, 3.63) is 70.3 Å². The van der Waals surface area contributed by atoms with E-state index in [1.54, 1.807) is 18.2 Å². The van der Waals surface area contributed by atoms with E-state index in [-0.39, 0.29) is 11.1 Å². The van der Waals surface area contributed by atoms with Crippen molar-refractivity contribution >= 4 is 16.9 Å². The lowest BCUT2D eigenvalue weighted by Crippen LogP contribution is -2.18. The lowest BCUT2D eigenvalue weighted by Gasteiger charge is -2.13. The van der Waals surface area contributed by atoms with Gasteiger partial charge in [0, 0.05) is 11.6 Å². The van der Waals surface area contributed by atoms with Gasteiger partial charge in [-0.1, -0.05) is 12.1 Å². The van der Waals surface area contributed by atoms with Gasteiger partial charge in [0.15, 0.2) is 0 Å². The fraction of sp³-hybridized carbons (Fsp3) is 0.0625. The number of pyridine rings is 2. The number of benzene rings is 1. The van der Waals surface area contributed by atoms with E-state index in [0.717, 1.165) is 18.5 Å². The Kier molecular flexibility index (Phi) is 3.59. The second kappa shape index (κ2) is 5.48. The predicted molar refractivity (Wildman–Crippen MR) is 79.3 cm³/mol. The number of hydrogen-bond acceptors (Lipinski definition) is 3. The van der Waals surface area contributed by atoms with Gasteiger partial charge in [-0.3, -0.25) is 4.79 Å². The molecule has 8 heteroatoms. The van der Waals surface area contributed by atoms with Crippen LogP contribution in [0.2, 0.25) is 0 Å². The monoisotopic (exact) mass is 334 g/mol. The molecule has 0 aliphatic rings. The number of carbonyl (C=O) groups is 1. The molecule has 0 aliphatic heterocycles. The largest absolute Gasteiger partial charge is 0.477 e. The minimum Gasteiger partial charge on any atom is -0.477 e. The Balaban J connectivity index is 2.28. The summed E-state index contributed by atoms with van der Waals surface area (Å²) in [5.41, 5.74) is -1.62. The molecular weight excluding hydrogens is 325 g/mol. The third-order valence-corrected chi connectivity index (χ3v) is 3.46. The summed E-state index contributed by atoms with van der Waals surface area (Å²) in [7, 11) is 0. The van der Waals surface area contributed by atoms with E-state index < -0.39 is 28.8 Å². The van der Waals surface area contributed by atoms with E-state index in [4.69, 9.17) is 5.11 Å². The van der Waals surface area contributed by atoms with Crippen molar-refractivity contribution in [2.24, 2.45) is 0 Å². The lowest BCUT2D eigenvalue weighted by molar-refractivity contribution is -0.141. The number of para-hydroxylation sites is 1. The predicted octanol–water partition coefficient (Wildman–Crippen LogP) is 3.10. The number of rotatable bonds is 2. The van der Waals surface area contributed by atoms with Crippen LogP contribution in [0.4, 0.5) is 13.2 Å². The normalized spacial score (nSPS) is 11.6. The number of aromatic carboxylic acids is 1. The second-order valence-corrected chi connectivity index (χ2v) is 4.96. The van der Waals surface area contributed by atoms with E-state index in [1.165, 1.54) is 16.7 Å². The van der Waals surface area contributed by atoms with Gasteiger partial charge in [-0.2, -0.15) is 13.2 Å². The molecule has 24 heavy (non-hydrogen) atoms. The zero-order chi connectivity index (χ0) is 17.5. The summed E-state index contributed by atoms with van der Waals surface area (Å²) in [6, 6.07) is 8.19. The molecule has 5 nitrogen and oxygen atoms in total. The van der Waals surface area contributed by atoms with Crippen LogP contribution in [0.3, 0.4) is 0 Å². The fourth-order valence-corrected chi connectivity index (χ4v) is 2.34. The number of alkyl halides is 3. The SMILES string of the molecule is O=C(O)c1cn(-c2ccc(C(F)(F)F)nc2)c2ccccc2c1=O. The Bertz CT molecular complexity index is 992. The van der Waals surface area contributed by atoms with Crippen LogP contribution in [0, 0.1) is 0 Å². The van der Waals surface area contributed by atoms with Crippen molar-refractivity contribution in [2.45, 2.75) is 6.18 Å². The highest BCUT2D eigenvalue weighted by atomic mass is 19.4. The molecule has 0 spiro atoms. The minimum atomic E-state index is -4.57. The molecule has 1 aromatic carbocycles. The fourth-order valence-electron chi connectivity index (χ4n) is 2.34. The summed E-state index contributed by atoms with van der Waals surface area (Å²) in [4.78, 5) is 26.8. The van der Waals surface area contributed by atoms with Gasteiger partial charge in [0.25, 0.3) is 0 Å². The Morgan fingerprint density at radius 2 is 1.83 bits per heavy atom. The molecule has 0 unspecified atom stereocenters. The highest BCUT2D eigenvalue weighted by Gasteiger charge is 2.32. The molecule has 0 aliphatic carbocycles. The van der Waals surface area contributed by atoms with Crippen molar-refractivity contribution in [3.63, 3.8) is 0 Å². The maximum absolute atomic E-state index is 12.6. The van der Waals surface area contributed by atoms with Crippen LogP contribution in [0.1, 0.15) is 16.1 Å². The molecule has 1 N–H and O–H groups in total. The summed E-state index contributed by atoms with van der Waals surface area (Å²) in [5, 5.41) is 9.32. The summed E-state index contributed by atoms with van der Waals surface area (Å²) >= 11 is 0. The average molecular weight is 334 g/mol. The third kappa shape index (κ3) is 2.62. The number of hydrogen-bond donors (Lipinski definition) is 1. The van der Waals surface area contributed by atoms with Gasteiger partial charge >= 0.3 is 12.1 Å². The molecule has 0 atom stereocenters. The first-order chi connectivity index (χ1) is 11.3. The zero-order valence-corrected chi connectivity index (χ0v) is 11.9. The van der Waals surface area contributed by atoms with Crippen LogP contribution < -0.4 is 5.43 Å². The van der Waals surface area contributed by atoms with E-state index in [0.29, 0.717) is 5.52 Å². The quantitative estimate of drug-likeness (QED) is 0.782. The van der Waals surface area contributed by atoms with Crippen LogP contribution in [0.15, 0.2) is 53.6 Å². The molecular formula is C16H9F3N2O3. The highest BCUT2D eigenvalue weighted by Crippen LogP contribution is 2.28. The number of halogens is 3. The topological polar surface area (TPSA) is 72.2 Å². The van der Waals surface area contributed by atoms with E-state index in [9.17, 15) is 22.8 Å². The van der Waals surface area contributed by atoms with E-state index in [2.05, 4.69) is 4.98 Å². The van der Waals surface area contributed by atoms with Crippen molar-refractivity contribution in [1.29, 1.82) is 0 Å². The molecule has 0 saturated heterocycles. The van der Waals surface area contributed by atoms with Crippen molar-refractivity contribution in [3.8, 4) is 5.69 Å². The van der Waals surface area contributed by atoms with Gasteiger partial charge in [-0.05, 0) is 24.3 Å². The molecule has 3 rings (SSSR count). The number of nitrogens with zero attached hydrogens (tertiary/aromatic N) is 2. The standard InChI is InChI=1S/C16H9F3N2O3/c17-16(18,19)13-6-5-9(7-20-13)21-8-11(15(23)24)14(22)10-3-1-2-4-12(10)21/h1-8H,(H,23,24). The number of aromatic nitrogens is 2. The average Bonchev–Trinajstić information content (AvgIpc) is 2.54. The van der Waals surface area contributed by atoms with Gasteiger partial charge in [0.1, 0.15) is 11.3 Å². The highest BCUT2D eigenvalue weighted by molar-refractivity contribution is 5.93. The molecule has 0 saturated carbocycles. The number of carboxylic acid groups (broad SMARTS) is 1. The number of fused-ring (bicyclic) bond motifs is 1. The van der Waals surface area contributed by atoms with Gasteiger partial charge in [0.2, 0.25) is 5.43 Å². The van der Waals surface area contributed by atoms with Crippen LogP contribution in [0.25, 0.3) is 16.6 Å². The number of carboxylic acids is 1. The molecule has 0 radical (unpaired) electrons. The first-order valence-electron chi connectivity index (χ1n) is 6.70. The van der Waals surface area contributed by atoms with Crippen LogP contribution in [-0.4, -0.2) is 20.6 Å².